The molecule has 2 aromatic heterocycles. The summed E-state index contributed by atoms with van der Waals surface area (Å²) in [5.74, 6) is -1.64. The van der Waals surface area contributed by atoms with E-state index < -0.39 is 17.6 Å². The molecule has 1 N–H and O–H groups in total. The molecule has 1 fully saturated rings. The lowest BCUT2D eigenvalue weighted by Gasteiger charge is -2.28. The van der Waals surface area contributed by atoms with Crippen LogP contribution in [0.3, 0.4) is 0 Å². The first-order valence-corrected chi connectivity index (χ1v) is 14.9. The largest absolute Gasteiger partial charge is 0.478 e. The minimum absolute atomic E-state index is 0.0644. The van der Waals surface area contributed by atoms with Gasteiger partial charge < -0.3 is 19.1 Å². The quantitative estimate of drug-likeness (QED) is 0.185. The summed E-state index contributed by atoms with van der Waals surface area (Å²) in [6.07, 6.45) is 0.260. The van der Waals surface area contributed by atoms with Crippen molar-refractivity contribution in [1.82, 2.24) is 14.5 Å². The van der Waals surface area contributed by atoms with Crippen molar-refractivity contribution in [2.75, 3.05) is 13.2 Å². The molecular formula is C35H29ClF2N4O4. The number of carboxylic acids is 1. The highest BCUT2D eigenvalue weighted by molar-refractivity contribution is 6.31. The van der Waals surface area contributed by atoms with Crippen LogP contribution >= 0.6 is 11.6 Å². The molecule has 0 radical (unpaired) electrons. The molecule has 3 heterocycles. The minimum Gasteiger partial charge on any atom is -0.478 e. The van der Waals surface area contributed by atoms with Gasteiger partial charge in [0, 0.05) is 34.1 Å². The molecule has 0 saturated carbocycles. The molecule has 5 aromatic rings. The molecule has 11 heteroatoms. The molecule has 46 heavy (non-hydrogen) atoms. The Labute approximate surface area is 268 Å². The lowest BCUT2D eigenvalue weighted by molar-refractivity contribution is 0.0696. The van der Waals surface area contributed by atoms with Crippen molar-refractivity contribution in [3.8, 4) is 23.2 Å². The number of fused-ring (bicyclic) bond motifs is 1. The summed E-state index contributed by atoms with van der Waals surface area (Å²) in [5.41, 5.74) is 3.52. The van der Waals surface area contributed by atoms with Gasteiger partial charge in [-0.25, -0.2) is 23.5 Å². The predicted octanol–water partition coefficient (Wildman–Crippen LogP) is 7.68. The van der Waals surface area contributed by atoms with Crippen LogP contribution in [0, 0.1) is 35.3 Å². The Morgan fingerprint density at radius 3 is 2.63 bits per heavy atom. The summed E-state index contributed by atoms with van der Waals surface area (Å²) in [5, 5.41) is 19.0. The van der Waals surface area contributed by atoms with Crippen LogP contribution < -0.4 is 4.74 Å². The third-order valence-electron chi connectivity index (χ3n) is 8.33. The Hall–Kier alpha value is -4.85. The highest BCUT2D eigenvalue weighted by atomic mass is 35.5. The highest BCUT2D eigenvalue weighted by Gasteiger charge is 2.39. The molecule has 1 atom stereocenters. The first-order chi connectivity index (χ1) is 21.9. The van der Waals surface area contributed by atoms with Crippen molar-refractivity contribution in [3.63, 3.8) is 0 Å². The van der Waals surface area contributed by atoms with Gasteiger partial charge in [-0.3, -0.25) is 0 Å². The van der Waals surface area contributed by atoms with Crippen molar-refractivity contribution < 1.29 is 28.2 Å². The second-order valence-corrected chi connectivity index (χ2v) is 12.5. The van der Waals surface area contributed by atoms with Crippen molar-refractivity contribution in [2.45, 2.75) is 39.8 Å². The molecule has 1 saturated heterocycles. The fourth-order valence-corrected chi connectivity index (χ4v) is 6.06. The van der Waals surface area contributed by atoms with E-state index in [4.69, 9.17) is 26.3 Å². The van der Waals surface area contributed by atoms with Gasteiger partial charge in [-0.05, 0) is 54.4 Å². The predicted molar refractivity (Wildman–Crippen MR) is 168 cm³/mol. The summed E-state index contributed by atoms with van der Waals surface area (Å²) in [6.45, 7) is 6.82. The van der Waals surface area contributed by atoms with Crippen molar-refractivity contribution in [1.29, 1.82) is 5.26 Å². The standard InChI is InChI=1S/C35H29ClF2N4O4/c1-19-9-22(13-31-41-33-27(38)11-23(34(43)44)12-29(33)42(31)30-17-45-18-35(30,2)3)25(36)14-24(19)28-5-4-6-32(40-28)46-16-21-8-7-20(15-39)10-26(21)37/h4-12,14,30H,13,16-18H2,1-3H3,(H,43,44)/t30-/m1/s1. The van der Waals surface area contributed by atoms with Gasteiger partial charge in [0.1, 0.15) is 23.8 Å². The maximum atomic E-state index is 15.2. The van der Waals surface area contributed by atoms with Crippen molar-refractivity contribution >= 4 is 28.6 Å². The van der Waals surface area contributed by atoms with E-state index >= 15 is 4.39 Å². The number of rotatable bonds is 8. The van der Waals surface area contributed by atoms with Crippen LogP contribution in [0.5, 0.6) is 5.88 Å². The zero-order valence-corrected chi connectivity index (χ0v) is 26.0. The maximum absolute atomic E-state index is 15.2. The number of aromatic nitrogens is 3. The molecule has 3 aromatic carbocycles. The van der Waals surface area contributed by atoms with E-state index in [1.807, 2.05) is 29.7 Å². The molecule has 1 aliphatic rings. The van der Waals surface area contributed by atoms with Crippen LogP contribution in [0.1, 0.15) is 58.3 Å². The number of hydrogen-bond acceptors (Lipinski definition) is 6. The molecule has 234 valence electrons. The molecule has 1 aliphatic heterocycles. The number of carbonyl (C=O) groups is 1. The molecule has 0 aliphatic carbocycles. The van der Waals surface area contributed by atoms with E-state index in [-0.39, 0.29) is 41.1 Å². The van der Waals surface area contributed by atoms with Gasteiger partial charge in [-0.2, -0.15) is 5.26 Å². The van der Waals surface area contributed by atoms with Crippen LogP contribution in [0.15, 0.2) is 60.7 Å². The van der Waals surface area contributed by atoms with Gasteiger partial charge in [0.05, 0.1) is 47.7 Å². The lowest BCUT2D eigenvalue weighted by atomic mass is 9.87. The number of halogens is 3. The third kappa shape index (κ3) is 5.91. The number of aromatic carboxylic acids is 1. The Morgan fingerprint density at radius 1 is 1.13 bits per heavy atom. The highest BCUT2D eigenvalue weighted by Crippen LogP contribution is 2.41. The number of hydrogen-bond donors (Lipinski definition) is 1. The monoisotopic (exact) mass is 642 g/mol. The fraction of sp³-hybridized carbons (Fsp3) is 0.257. The lowest BCUT2D eigenvalue weighted by Crippen LogP contribution is -2.27. The van der Waals surface area contributed by atoms with Crippen LogP contribution in [0.4, 0.5) is 8.78 Å². The summed E-state index contributed by atoms with van der Waals surface area (Å²) >= 11 is 6.85. The van der Waals surface area contributed by atoms with Gasteiger partial charge >= 0.3 is 5.97 Å². The van der Waals surface area contributed by atoms with E-state index in [2.05, 4.69) is 23.8 Å². The average molecular weight is 643 g/mol. The number of nitrogens with zero attached hydrogens (tertiary/aromatic N) is 4. The number of benzene rings is 3. The van der Waals surface area contributed by atoms with Crippen molar-refractivity contribution in [3.05, 3.63) is 111 Å². The molecule has 0 spiro atoms. The number of imidazole rings is 1. The molecule has 6 rings (SSSR count). The Kier molecular flexibility index (Phi) is 8.23. The smallest absolute Gasteiger partial charge is 0.335 e. The summed E-state index contributed by atoms with van der Waals surface area (Å²) < 4.78 is 43.0. The van der Waals surface area contributed by atoms with Crippen LogP contribution in [-0.4, -0.2) is 38.8 Å². The van der Waals surface area contributed by atoms with E-state index in [0.29, 0.717) is 46.7 Å². The van der Waals surface area contributed by atoms with Gasteiger partial charge in [-0.1, -0.05) is 43.6 Å². The second kappa shape index (κ2) is 12.2. The maximum Gasteiger partial charge on any atom is 0.335 e. The minimum atomic E-state index is -1.23. The molecular weight excluding hydrogens is 614 g/mol. The number of pyridine rings is 1. The normalized spacial score (nSPS) is 15.6. The molecule has 0 amide bonds. The molecule has 8 nitrogen and oxygen atoms in total. The average Bonchev–Trinajstić information content (AvgIpc) is 3.56. The zero-order chi connectivity index (χ0) is 32.7. The molecule has 0 bridgehead atoms. The van der Waals surface area contributed by atoms with E-state index in [1.54, 1.807) is 18.2 Å². The molecule has 0 unspecified atom stereocenters. The number of aryl methyl sites for hydroxylation is 1. The fourth-order valence-electron chi connectivity index (χ4n) is 5.83. The SMILES string of the molecule is Cc1cc(Cc2nc3c(F)cc(C(=O)O)cc3n2[C@@H]2COCC2(C)C)c(Cl)cc1-c1cccc(OCc2ccc(C#N)cc2F)n1. The topological polar surface area (TPSA) is 110 Å². The van der Waals surface area contributed by atoms with Gasteiger partial charge in [-0.15, -0.1) is 0 Å². The summed E-state index contributed by atoms with van der Waals surface area (Å²) in [7, 11) is 0. The van der Waals surface area contributed by atoms with Crippen LogP contribution in [-0.2, 0) is 17.8 Å². The Morgan fingerprint density at radius 2 is 1.93 bits per heavy atom. The number of carboxylic acid groups (broad SMARTS) is 1. The van der Waals surface area contributed by atoms with Crippen molar-refractivity contribution in [2.24, 2.45) is 5.41 Å². The summed E-state index contributed by atoms with van der Waals surface area (Å²) in [6, 6.07) is 17.3. The van der Waals surface area contributed by atoms with Gasteiger partial charge in [0.25, 0.3) is 0 Å². The summed E-state index contributed by atoms with van der Waals surface area (Å²) in [4.78, 5) is 21.0. The van der Waals surface area contributed by atoms with E-state index in [0.717, 1.165) is 28.8 Å². The van der Waals surface area contributed by atoms with Gasteiger partial charge in [0.2, 0.25) is 5.88 Å². The Bertz CT molecular complexity index is 2050. The van der Waals surface area contributed by atoms with Gasteiger partial charge in [0.15, 0.2) is 5.82 Å². The number of nitriles is 1. The first-order valence-electron chi connectivity index (χ1n) is 14.5. The van der Waals surface area contributed by atoms with E-state index in [9.17, 15) is 14.3 Å². The Balaban J connectivity index is 1.32. The zero-order valence-electron chi connectivity index (χ0n) is 25.3. The van der Waals surface area contributed by atoms with Crippen LogP contribution in [0.25, 0.3) is 22.3 Å². The second-order valence-electron chi connectivity index (χ2n) is 12.1. The first kappa shape index (κ1) is 31.1. The number of ether oxygens (including phenoxy) is 2. The van der Waals surface area contributed by atoms with Crippen LogP contribution in [0.2, 0.25) is 5.02 Å². The third-order valence-corrected chi connectivity index (χ3v) is 8.68. The van der Waals surface area contributed by atoms with E-state index in [1.165, 1.54) is 18.2 Å².